The van der Waals surface area contributed by atoms with Gasteiger partial charge in [-0.05, 0) is 42.9 Å². The minimum absolute atomic E-state index is 0.0228. The lowest BCUT2D eigenvalue weighted by Crippen LogP contribution is -2.48. The molecule has 0 unspecified atom stereocenters. The molecule has 1 atom stereocenters. The molecule has 0 aromatic carbocycles. The van der Waals surface area contributed by atoms with Crippen molar-refractivity contribution < 1.29 is 4.39 Å². The van der Waals surface area contributed by atoms with E-state index in [9.17, 15) is 4.39 Å². The van der Waals surface area contributed by atoms with Crippen molar-refractivity contribution in [1.82, 2.24) is 24.3 Å². The second kappa shape index (κ2) is 8.53. The molecule has 0 bridgehead atoms. The van der Waals surface area contributed by atoms with Gasteiger partial charge in [0.15, 0.2) is 16.6 Å². The molecule has 4 N–H and O–H groups in total. The fraction of sp³-hybridized carbons (Fsp3) is 0.385. The van der Waals surface area contributed by atoms with Crippen LogP contribution in [-0.2, 0) is 6.42 Å². The van der Waals surface area contributed by atoms with Crippen molar-refractivity contribution in [2.24, 2.45) is 11.1 Å². The van der Waals surface area contributed by atoms with Gasteiger partial charge in [0.05, 0.1) is 34.9 Å². The van der Waals surface area contributed by atoms with Crippen LogP contribution in [0.2, 0.25) is 5.02 Å². The highest BCUT2D eigenvalue weighted by Crippen LogP contribution is 2.54. The molecule has 7 heterocycles. The number of anilines is 3. The smallest absolute Gasteiger partial charge is 0.186 e. The van der Waals surface area contributed by atoms with Crippen molar-refractivity contribution in [3.8, 4) is 0 Å². The summed E-state index contributed by atoms with van der Waals surface area (Å²) in [5, 5.41) is 1.37. The number of imidazole rings is 2. The van der Waals surface area contributed by atoms with Crippen molar-refractivity contribution in [2.45, 2.75) is 41.3 Å². The maximum atomic E-state index is 13.3. The zero-order valence-corrected chi connectivity index (χ0v) is 23.2. The van der Waals surface area contributed by atoms with E-state index in [1.54, 1.807) is 17.5 Å². The molecule has 2 saturated heterocycles. The topological polar surface area (TPSA) is 114 Å². The molecule has 39 heavy (non-hydrogen) atoms. The Hall–Kier alpha value is -2.93. The first-order valence-corrected chi connectivity index (χ1v) is 15.0. The summed E-state index contributed by atoms with van der Waals surface area (Å²) in [5.41, 5.74) is 16.6. The van der Waals surface area contributed by atoms with Crippen LogP contribution < -0.4 is 21.3 Å². The fourth-order valence-corrected chi connectivity index (χ4v) is 8.63. The van der Waals surface area contributed by atoms with Crippen LogP contribution in [0.1, 0.15) is 29.5 Å². The Labute approximate surface area is 236 Å². The van der Waals surface area contributed by atoms with Gasteiger partial charge >= 0.3 is 0 Å². The first-order chi connectivity index (χ1) is 18.9. The Morgan fingerprint density at radius 1 is 1.08 bits per heavy atom. The van der Waals surface area contributed by atoms with Crippen LogP contribution in [0.4, 0.5) is 21.2 Å². The van der Waals surface area contributed by atoms with Gasteiger partial charge in [-0.3, -0.25) is 4.40 Å². The van der Waals surface area contributed by atoms with Gasteiger partial charge in [0.2, 0.25) is 0 Å². The van der Waals surface area contributed by atoms with Gasteiger partial charge < -0.3 is 21.3 Å². The monoisotopic (exact) mass is 581 g/mol. The minimum atomic E-state index is -0.737. The number of pyridine rings is 2. The number of nitrogens with zero attached hydrogens (tertiary/aromatic N) is 7. The molecule has 1 aliphatic carbocycles. The Morgan fingerprint density at radius 2 is 1.90 bits per heavy atom. The van der Waals surface area contributed by atoms with E-state index < -0.39 is 6.17 Å². The highest BCUT2D eigenvalue weighted by Gasteiger charge is 2.49. The van der Waals surface area contributed by atoms with E-state index in [-0.39, 0.29) is 11.5 Å². The molecule has 2 fully saturated rings. The predicted molar refractivity (Wildman–Crippen MR) is 153 cm³/mol. The van der Waals surface area contributed by atoms with Gasteiger partial charge in [0.1, 0.15) is 23.2 Å². The highest BCUT2D eigenvalue weighted by molar-refractivity contribution is 7.99. The van der Waals surface area contributed by atoms with E-state index in [1.807, 2.05) is 29.3 Å². The molecule has 200 valence electrons. The van der Waals surface area contributed by atoms with E-state index in [2.05, 4.69) is 14.3 Å². The zero-order chi connectivity index (χ0) is 26.5. The van der Waals surface area contributed by atoms with Crippen LogP contribution in [0.3, 0.4) is 0 Å². The number of thiazole rings is 1. The summed E-state index contributed by atoms with van der Waals surface area (Å²) in [7, 11) is 0. The van der Waals surface area contributed by atoms with Crippen molar-refractivity contribution in [3.05, 3.63) is 46.2 Å². The van der Waals surface area contributed by atoms with Gasteiger partial charge in [-0.2, -0.15) is 0 Å². The molecule has 5 aromatic rings. The van der Waals surface area contributed by atoms with E-state index in [0.717, 1.165) is 75.6 Å². The number of rotatable bonds is 4. The number of piperidine rings is 1. The lowest BCUT2D eigenvalue weighted by atomic mass is 9.74. The summed E-state index contributed by atoms with van der Waals surface area (Å²) in [6.07, 6.45) is 5.68. The van der Waals surface area contributed by atoms with Gasteiger partial charge in [-0.1, -0.05) is 34.7 Å². The Kier molecular flexibility index (Phi) is 5.23. The first kappa shape index (κ1) is 23.9. The highest BCUT2D eigenvalue weighted by atomic mass is 35.5. The summed E-state index contributed by atoms with van der Waals surface area (Å²) in [4.78, 5) is 26.1. The minimum Gasteiger partial charge on any atom is -0.382 e. The van der Waals surface area contributed by atoms with Crippen LogP contribution in [0.5, 0.6) is 0 Å². The second-order valence-corrected chi connectivity index (χ2v) is 13.2. The Morgan fingerprint density at radius 3 is 2.67 bits per heavy atom. The molecule has 9 nitrogen and oxygen atoms in total. The summed E-state index contributed by atoms with van der Waals surface area (Å²) >= 11 is 9.57. The average molecular weight is 582 g/mol. The lowest BCUT2D eigenvalue weighted by Gasteiger charge is -2.42. The third-order valence-electron chi connectivity index (χ3n) is 8.49. The molecular formula is C26H25ClFN9S2. The lowest BCUT2D eigenvalue weighted by molar-refractivity contribution is 0.187. The summed E-state index contributed by atoms with van der Waals surface area (Å²) < 4.78 is 15.4. The molecule has 3 aliphatic rings. The van der Waals surface area contributed by atoms with E-state index >= 15 is 0 Å². The third kappa shape index (κ3) is 3.54. The molecule has 0 radical (unpaired) electrons. The number of halogens is 2. The zero-order valence-electron chi connectivity index (χ0n) is 20.8. The molecular weight excluding hydrogens is 557 g/mol. The second-order valence-electron chi connectivity index (χ2n) is 10.7. The normalized spacial score (nSPS) is 20.9. The van der Waals surface area contributed by atoms with Crippen molar-refractivity contribution >= 4 is 68.3 Å². The molecule has 5 aromatic heterocycles. The van der Waals surface area contributed by atoms with Gasteiger partial charge in [0, 0.05) is 35.1 Å². The fourth-order valence-electron chi connectivity index (χ4n) is 6.23. The van der Waals surface area contributed by atoms with Crippen molar-refractivity contribution in [3.63, 3.8) is 0 Å². The predicted octanol–water partition coefficient (Wildman–Crippen LogP) is 4.56. The van der Waals surface area contributed by atoms with E-state index in [4.69, 9.17) is 38.0 Å². The number of hydrogen-bond acceptors (Lipinski definition) is 10. The van der Waals surface area contributed by atoms with Gasteiger partial charge in [-0.15, -0.1) is 0 Å². The van der Waals surface area contributed by atoms with Gasteiger partial charge in [0.25, 0.3) is 0 Å². The van der Waals surface area contributed by atoms with Crippen molar-refractivity contribution in [2.75, 3.05) is 41.7 Å². The van der Waals surface area contributed by atoms with Crippen LogP contribution >= 0.6 is 34.7 Å². The number of nitrogens with two attached hydrogens (primary N) is 2. The largest absolute Gasteiger partial charge is 0.382 e. The number of aromatic nitrogens is 5. The Bertz CT molecular complexity index is 1720. The standard InChI is InChI=1S/C26H25ClFN9S2/c27-19-16(3-6-31-22(19)30)38-17-1-2-18-34-23(15-10-32-24(17)37(15)18)35-7-4-26(5-8-35)9-14-20(21(26)29)39-25(33-14)36-11-13(28)12-36/h1-3,6,10,13,21H,4-5,7-9,11-12,29H2,(H2,30,31)/t21-/m1/s1. The average Bonchev–Trinajstić information content (AvgIpc) is 3.67. The third-order valence-corrected chi connectivity index (χ3v) is 11.3. The summed E-state index contributed by atoms with van der Waals surface area (Å²) in [6, 6.07) is 5.88. The maximum Gasteiger partial charge on any atom is 0.186 e. The van der Waals surface area contributed by atoms with E-state index in [1.165, 1.54) is 16.6 Å². The molecule has 0 saturated carbocycles. The van der Waals surface area contributed by atoms with Crippen LogP contribution in [0.15, 0.2) is 40.4 Å². The number of nitrogen functional groups attached to an aromatic ring is 1. The van der Waals surface area contributed by atoms with Crippen LogP contribution in [-0.4, -0.2) is 56.7 Å². The molecule has 0 amide bonds. The van der Waals surface area contributed by atoms with Crippen LogP contribution in [0, 0.1) is 5.41 Å². The van der Waals surface area contributed by atoms with Crippen molar-refractivity contribution in [1.29, 1.82) is 0 Å². The maximum absolute atomic E-state index is 13.3. The molecule has 1 spiro atoms. The molecule has 2 aliphatic heterocycles. The van der Waals surface area contributed by atoms with E-state index in [0.29, 0.717) is 23.9 Å². The number of fused-ring (bicyclic) bond motifs is 1. The summed E-state index contributed by atoms with van der Waals surface area (Å²) in [6.45, 7) is 2.64. The molecule has 13 heteroatoms. The SMILES string of the molecule is Nc1nccc(Sc2ccc3nc(N4CCC5(CC4)Cc4nc(N6CC(F)C6)sc4[C@H]5N)c4cnc2n34)c1Cl. The molecule has 8 rings (SSSR count). The van der Waals surface area contributed by atoms with Crippen LogP contribution in [0.25, 0.3) is 16.8 Å². The van der Waals surface area contributed by atoms with Gasteiger partial charge in [-0.25, -0.2) is 24.3 Å². The Balaban J connectivity index is 1.03. The number of alkyl halides is 1. The number of hydrogen-bond donors (Lipinski definition) is 2. The first-order valence-electron chi connectivity index (χ1n) is 13.0. The quantitative estimate of drug-likeness (QED) is 0.315. The summed E-state index contributed by atoms with van der Waals surface area (Å²) in [5.74, 6) is 1.27.